The Morgan fingerprint density at radius 2 is 1.58 bits per heavy atom. The summed E-state index contributed by atoms with van der Waals surface area (Å²) in [6.07, 6.45) is 3.61. The molecule has 3 nitrogen and oxygen atoms in total. The van der Waals surface area contributed by atoms with Gasteiger partial charge in [-0.1, -0.05) is 0 Å². The summed E-state index contributed by atoms with van der Waals surface area (Å²) in [6.45, 7) is 4.46. The van der Waals surface area contributed by atoms with Crippen LogP contribution in [0.1, 0.15) is 32.0 Å². The van der Waals surface area contributed by atoms with Gasteiger partial charge in [-0.15, -0.1) is 0 Å². The van der Waals surface area contributed by atoms with Crippen molar-refractivity contribution < 1.29 is 38.7 Å². The normalized spacial score (nSPS) is 23.2. The molecule has 0 amide bonds. The number of hydrogen-bond acceptors (Lipinski definition) is 2. The van der Waals surface area contributed by atoms with Gasteiger partial charge in [0.25, 0.3) is 0 Å². The van der Waals surface area contributed by atoms with Gasteiger partial charge in [0, 0.05) is 0 Å². The average molecular weight is 459 g/mol. The molecule has 0 fully saturated rings. The number of fused-ring (bicyclic) bond motifs is 2. The Balaban J connectivity index is 1.69. The van der Waals surface area contributed by atoms with Crippen LogP contribution in [-0.2, 0) is 33.8 Å². The summed E-state index contributed by atoms with van der Waals surface area (Å²) in [7, 11) is -5.07. The Kier molecular flexibility index (Phi) is 4.96. The third kappa shape index (κ3) is 3.15. The van der Waals surface area contributed by atoms with Gasteiger partial charge in [-0.2, -0.15) is 0 Å². The Hall–Kier alpha value is -0.830. The molecule has 2 aromatic rings. The Morgan fingerprint density at radius 1 is 1.00 bits per heavy atom. The van der Waals surface area contributed by atoms with Gasteiger partial charge in [-0.25, -0.2) is 0 Å². The van der Waals surface area contributed by atoms with Crippen molar-refractivity contribution in [3.8, 4) is 0 Å². The fourth-order valence-electron chi connectivity index (χ4n) is 3.66. The summed E-state index contributed by atoms with van der Waals surface area (Å²) in [4.78, 5) is 10.9. The van der Waals surface area contributed by atoms with Gasteiger partial charge < -0.3 is 0 Å². The molecule has 2 aliphatic carbocycles. The molecule has 0 heterocycles. The van der Waals surface area contributed by atoms with Crippen LogP contribution in [0.25, 0.3) is 12.2 Å². The quantitative estimate of drug-likeness (QED) is 0.518. The molecule has 2 aliphatic rings. The second kappa shape index (κ2) is 6.96. The van der Waals surface area contributed by atoms with Gasteiger partial charge >= 0.3 is 171 Å². The predicted octanol–water partition coefficient (Wildman–Crippen LogP) is 5.00. The SMILES string of the molecule is C[SiH](C)C1=Cc2ccccc2C1OP(=O)(O)C1=Cc2ccccc2[CH]1[Zr]. The third-order valence-electron chi connectivity index (χ3n) is 5.05. The molecule has 0 spiro atoms. The summed E-state index contributed by atoms with van der Waals surface area (Å²) in [6, 6.07) is 16.0. The molecule has 1 N–H and O–H groups in total. The fraction of sp³-hybridized carbons (Fsp3) is 0.200. The third-order valence-corrected chi connectivity index (χ3v) is 10.5. The van der Waals surface area contributed by atoms with Crippen molar-refractivity contribution in [3.63, 3.8) is 0 Å². The zero-order valence-electron chi connectivity index (χ0n) is 14.7. The van der Waals surface area contributed by atoms with Crippen LogP contribution in [0.5, 0.6) is 0 Å². The number of rotatable bonds is 4. The molecule has 131 valence electrons. The van der Waals surface area contributed by atoms with Crippen molar-refractivity contribution in [1.29, 1.82) is 0 Å². The first kappa shape index (κ1) is 18.5. The standard InChI is InChI=1S/C20H20O3PSi.Zr/c1-25(2)19-13-16-9-5-6-10-18(16)20(19)23-24(21,22)17-11-14-7-3-4-8-15(14)12-17;/h3-13,20,25H,1-2H3,(H,21,22);. The molecule has 0 radical (unpaired) electrons. The second-order valence-corrected chi connectivity index (χ2v) is 13.2. The molecule has 0 saturated heterocycles. The van der Waals surface area contributed by atoms with Crippen molar-refractivity contribution in [2.45, 2.75) is 22.8 Å². The summed E-state index contributed by atoms with van der Waals surface area (Å²) in [5.41, 5.74) is 4.27. The minimum absolute atomic E-state index is 0.0189. The van der Waals surface area contributed by atoms with Gasteiger partial charge in [0.15, 0.2) is 0 Å². The molecular weight excluding hydrogens is 439 g/mol. The van der Waals surface area contributed by atoms with Crippen LogP contribution >= 0.6 is 7.60 Å². The zero-order chi connectivity index (χ0) is 18.5. The number of benzene rings is 2. The van der Waals surface area contributed by atoms with Gasteiger partial charge in [-0.05, 0) is 0 Å². The van der Waals surface area contributed by atoms with Crippen LogP contribution in [0.2, 0.25) is 13.1 Å². The molecule has 6 heteroatoms. The minimum atomic E-state index is -3.90. The van der Waals surface area contributed by atoms with Crippen molar-refractivity contribution in [2.24, 2.45) is 0 Å². The molecule has 26 heavy (non-hydrogen) atoms. The van der Waals surface area contributed by atoms with E-state index in [2.05, 4.69) is 25.2 Å². The Labute approximate surface area is 170 Å². The van der Waals surface area contributed by atoms with Crippen LogP contribution in [0.3, 0.4) is 0 Å². The van der Waals surface area contributed by atoms with E-state index in [1.165, 1.54) is 29.9 Å². The van der Waals surface area contributed by atoms with E-state index in [0.29, 0.717) is 5.31 Å². The Morgan fingerprint density at radius 3 is 2.19 bits per heavy atom. The molecule has 0 bridgehead atoms. The zero-order valence-corrected chi connectivity index (χ0v) is 19.2. The molecular formula is C20H20O3PSiZr. The van der Waals surface area contributed by atoms with E-state index in [4.69, 9.17) is 4.52 Å². The summed E-state index contributed by atoms with van der Waals surface area (Å²) < 4.78 is 19.3. The second-order valence-electron chi connectivity index (χ2n) is 7.06. The topological polar surface area (TPSA) is 46.5 Å². The van der Waals surface area contributed by atoms with Crippen LogP contribution in [-0.4, -0.2) is 13.7 Å². The van der Waals surface area contributed by atoms with Gasteiger partial charge in [0.1, 0.15) is 0 Å². The fourth-order valence-corrected chi connectivity index (χ4v) is 8.60. The van der Waals surface area contributed by atoms with Gasteiger partial charge in [0.2, 0.25) is 0 Å². The van der Waals surface area contributed by atoms with Crippen LogP contribution < -0.4 is 0 Å². The van der Waals surface area contributed by atoms with Crippen LogP contribution in [0.4, 0.5) is 0 Å². The van der Waals surface area contributed by atoms with Gasteiger partial charge in [-0.3, -0.25) is 0 Å². The number of hydrogen-bond donors (Lipinski definition) is 1. The first-order valence-corrected chi connectivity index (χ1v) is 14.6. The van der Waals surface area contributed by atoms with Crippen LogP contribution in [0, 0.1) is 0 Å². The van der Waals surface area contributed by atoms with Crippen molar-refractivity contribution in [2.75, 3.05) is 0 Å². The first-order valence-electron chi connectivity index (χ1n) is 8.72. The maximum atomic E-state index is 13.3. The van der Waals surface area contributed by atoms with E-state index in [1.807, 2.05) is 48.5 Å². The monoisotopic (exact) mass is 457 g/mol. The van der Waals surface area contributed by atoms with Crippen molar-refractivity contribution in [1.82, 2.24) is 0 Å². The molecule has 3 unspecified atom stereocenters. The molecule has 2 aromatic carbocycles. The van der Waals surface area contributed by atoms with E-state index in [0.717, 1.165) is 22.3 Å². The van der Waals surface area contributed by atoms with E-state index in [9.17, 15) is 9.46 Å². The van der Waals surface area contributed by atoms with E-state index < -0.39 is 22.5 Å². The summed E-state index contributed by atoms with van der Waals surface area (Å²) in [5, 5.41) is 1.73. The van der Waals surface area contributed by atoms with E-state index in [1.54, 1.807) is 0 Å². The molecule has 0 saturated carbocycles. The average Bonchev–Trinajstić information content (AvgIpc) is 3.14. The van der Waals surface area contributed by atoms with E-state index in [-0.39, 0.29) is 3.63 Å². The summed E-state index contributed by atoms with van der Waals surface area (Å²) >= 11 is 1.20. The molecule has 4 rings (SSSR count). The number of allylic oxidation sites excluding steroid dienone is 1. The predicted molar refractivity (Wildman–Crippen MR) is 104 cm³/mol. The Bertz CT molecular complexity index is 983. The van der Waals surface area contributed by atoms with E-state index >= 15 is 0 Å². The maximum absolute atomic E-state index is 13.3. The molecule has 0 aliphatic heterocycles. The van der Waals surface area contributed by atoms with Crippen molar-refractivity contribution >= 4 is 28.5 Å². The molecule has 0 aromatic heterocycles. The van der Waals surface area contributed by atoms with Crippen molar-refractivity contribution in [3.05, 3.63) is 81.3 Å². The van der Waals surface area contributed by atoms with Crippen LogP contribution in [0.15, 0.2) is 59.0 Å². The van der Waals surface area contributed by atoms with Gasteiger partial charge in [0.05, 0.1) is 0 Å². The molecule has 3 atom stereocenters. The first-order chi connectivity index (χ1) is 12.4. The summed E-state index contributed by atoms with van der Waals surface area (Å²) in [5.74, 6) is 0.